The maximum Gasteiger partial charge on any atom is 0.174 e. The number of nitrogens with one attached hydrogen (secondary N) is 1. The molecule has 33 heavy (non-hydrogen) atoms. The Labute approximate surface area is 198 Å². The van der Waals surface area contributed by atoms with E-state index in [2.05, 4.69) is 56.3 Å². The SMILES string of the molecule is CN(C)c1ccc(-n2cccc2[C@@H]2[C@H](c3ccccn3)NC(=S)N2c2ccc(F)cc2)cc1. The first-order chi connectivity index (χ1) is 16.0. The molecule has 1 aliphatic rings. The van der Waals surface area contributed by atoms with Gasteiger partial charge in [0.15, 0.2) is 5.11 Å². The second kappa shape index (κ2) is 8.67. The summed E-state index contributed by atoms with van der Waals surface area (Å²) >= 11 is 5.77. The molecule has 0 unspecified atom stereocenters. The molecule has 3 heterocycles. The first-order valence-corrected chi connectivity index (χ1v) is 11.1. The van der Waals surface area contributed by atoms with Gasteiger partial charge in [0.1, 0.15) is 11.9 Å². The van der Waals surface area contributed by atoms with Crippen molar-refractivity contribution in [2.75, 3.05) is 23.9 Å². The molecular formula is C26H24FN5S. The molecule has 5 rings (SSSR count). The Morgan fingerprint density at radius 1 is 0.909 bits per heavy atom. The molecule has 1 fully saturated rings. The largest absolute Gasteiger partial charge is 0.378 e. The molecule has 2 atom stereocenters. The van der Waals surface area contributed by atoms with Crippen LogP contribution in [0.3, 0.4) is 0 Å². The summed E-state index contributed by atoms with van der Waals surface area (Å²) in [6.07, 6.45) is 3.84. The van der Waals surface area contributed by atoms with Gasteiger partial charge in [0.05, 0.1) is 11.7 Å². The van der Waals surface area contributed by atoms with Crippen molar-refractivity contribution < 1.29 is 4.39 Å². The number of hydrogen-bond acceptors (Lipinski definition) is 3. The molecule has 5 nitrogen and oxygen atoms in total. The van der Waals surface area contributed by atoms with E-state index < -0.39 is 0 Å². The highest BCUT2D eigenvalue weighted by Gasteiger charge is 2.42. The second-order valence-electron chi connectivity index (χ2n) is 8.19. The standard InChI is InChI=1S/C26H24FN5S/c1-30(2)19-12-14-20(15-13-19)31-17-5-7-23(31)25-24(22-6-3-4-16-28-22)29-26(33)32(25)21-10-8-18(27)9-11-21/h3-17,24-25H,1-2H3,(H,29,33)/t24-,25+/m0/s1. The summed E-state index contributed by atoms with van der Waals surface area (Å²) in [7, 11) is 4.05. The summed E-state index contributed by atoms with van der Waals surface area (Å²) in [6, 6.07) is 24.5. The molecule has 4 aromatic rings. The van der Waals surface area contributed by atoms with Gasteiger partial charge in [-0.15, -0.1) is 0 Å². The lowest BCUT2D eigenvalue weighted by molar-refractivity contribution is 0.549. The van der Waals surface area contributed by atoms with E-state index in [0.717, 1.165) is 28.5 Å². The Bertz CT molecular complexity index is 1250. The maximum absolute atomic E-state index is 13.7. The van der Waals surface area contributed by atoms with Crippen LogP contribution in [-0.4, -0.2) is 28.8 Å². The highest BCUT2D eigenvalue weighted by molar-refractivity contribution is 7.80. The highest BCUT2D eigenvalue weighted by Crippen LogP contribution is 2.42. The number of aromatic nitrogens is 2. The molecular weight excluding hydrogens is 433 g/mol. The molecule has 2 aromatic carbocycles. The summed E-state index contributed by atoms with van der Waals surface area (Å²) in [5, 5.41) is 4.04. The van der Waals surface area contributed by atoms with Crippen LogP contribution in [0.1, 0.15) is 23.5 Å². The van der Waals surface area contributed by atoms with Gasteiger partial charge < -0.3 is 19.7 Å². The average Bonchev–Trinajstić information content (AvgIpc) is 3.44. The molecule has 0 aliphatic carbocycles. The van der Waals surface area contributed by atoms with Crippen LogP contribution >= 0.6 is 12.2 Å². The topological polar surface area (TPSA) is 36.3 Å². The summed E-state index contributed by atoms with van der Waals surface area (Å²) in [5.41, 5.74) is 4.96. The van der Waals surface area contributed by atoms with Crippen LogP contribution in [0.15, 0.2) is 91.3 Å². The molecule has 166 valence electrons. The maximum atomic E-state index is 13.7. The van der Waals surface area contributed by atoms with Crippen molar-refractivity contribution in [1.29, 1.82) is 0 Å². The first kappa shape index (κ1) is 21.2. The number of hydrogen-bond donors (Lipinski definition) is 1. The molecule has 7 heteroatoms. The predicted molar refractivity (Wildman–Crippen MR) is 134 cm³/mol. The van der Waals surface area contributed by atoms with Gasteiger partial charge in [0.25, 0.3) is 0 Å². The summed E-state index contributed by atoms with van der Waals surface area (Å²) < 4.78 is 15.8. The Balaban J connectivity index is 1.63. The molecule has 1 aliphatic heterocycles. The molecule has 2 aromatic heterocycles. The van der Waals surface area contributed by atoms with Crippen LogP contribution in [0.4, 0.5) is 15.8 Å². The van der Waals surface area contributed by atoms with E-state index in [-0.39, 0.29) is 17.9 Å². The van der Waals surface area contributed by atoms with Crippen molar-refractivity contribution in [3.05, 3.63) is 108 Å². The lowest BCUT2D eigenvalue weighted by atomic mass is 10.0. The van der Waals surface area contributed by atoms with Gasteiger partial charge in [0, 0.05) is 49.2 Å². The number of anilines is 2. The fourth-order valence-corrected chi connectivity index (χ4v) is 4.66. The van der Waals surface area contributed by atoms with Crippen LogP contribution < -0.4 is 15.1 Å². The van der Waals surface area contributed by atoms with Crippen LogP contribution in [0.5, 0.6) is 0 Å². The zero-order chi connectivity index (χ0) is 22.9. The van der Waals surface area contributed by atoms with Gasteiger partial charge in [-0.1, -0.05) is 6.07 Å². The molecule has 0 saturated carbocycles. The lowest BCUT2D eigenvalue weighted by Gasteiger charge is -2.29. The van der Waals surface area contributed by atoms with E-state index in [0.29, 0.717) is 5.11 Å². The van der Waals surface area contributed by atoms with Crippen LogP contribution in [0, 0.1) is 5.82 Å². The summed E-state index contributed by atoms with van der Waals surface area (Å²) in [4.78, 5) is 8.73. The van der Waals surface area contributed by atoms with Gasteiger partial charge >= 0.3 is 0 Å². The van der Waals surface area contributed by atoms with Crippen molar-refractivity contribution in [1.82, 2.24) is 14.9 Å². The van der Waals surface area contributed by atoms with Crippen molar-refractivity contribution in [3.8, 4) is 5.69 Å². The predicted octanol–water partition coefficient (Wildman–Crippen LogP) is 5.25. The number of benzene rings is 2. The number of pyridine rings is 1. The van der Waals surface area contributed by atoms with E-state index in [4.69, 9.17) is 12.2 Å². The van der Waals surface area contributed by atoms with Gasteiger partial charge in [-0.3, -0.25) is 4.98 Å². The molecule has 0 radical (unpaired) electrons. The Morgan fingerprint density at radius 3 is 2.30 bits per heavy atom. The van der Waals surface area contributed by atoms with Crippen molar-refractivity contribution >= 4 is 28.7 Å². The fourth-order valence-electron chi connectivity index (χ4n) is 4.32. The number of halogens is 1. The van der Waals surface area contributed by atoms with Crippen LogP contribution in [-0.2, 0) is 0 Å². The van der Waals surface area contributed by atoms with E-state index in [1.165, 1.54) is 12.1 Å². The second-order valence-corrected chi connectivity index (χ2v) is 8.57. The normalized spacial score (nSPS) is 17.8. The van der Waals surface area contributed by atoms with Crippen LogP contribution in [0.2, 0.25) is 0 Å². The Morgan fingerprint density at radius 2 is 1.64 bits per heavy atom. The lowest BCUT2D eigenvalue weighted by Crippen LogP contribution is -2.30. The van der Waals surface area contributed by atoms with E-state index in [1.54, 1.807) is 18.3 Å². The minimum atomic E-state index is -0.279. The van der Waals surface area contributed by atoms with Gasteiger partial charge in [-0.25, -0.2) is 4.39 Å². The first-order valence-electron chi connectivity index (χ1n) is 10.7. The highest BCUT2D eigenvalue weighted by atomic mass is 32.1. The quantitative estimate of drug-likeness (QED) is 0.414. The van der Waals surface area contributed by atoms with E-state index >= 15 is 0 Å². The van der Waals surface area contributed by atoms with Crippen LogP contribution in [0.25, 0.3) is 5.69 Å². The zero-order valence-electron chi connectivity index (χ0n) is 18.4. The molecule has 0 bridgehead atoms. The fraction of sp³-hybridized carbons (Fsp3) is 0.154. The van der Waals surface area contributed by atoms with Gasteiger partial charge in [0.2, 0.25) is 0 Å². The number of thiocarbonyl (C=S) groups is 1. The number of nitrogens with zero attached hydrogens (tertiary/aromatic N) is 4. The molecule has 0 spiro atoms. The molecule has 0 amide bonds. The summed E-state index contributed by atoms with van der Waals surface area (Å²) in [5.74, 6) is -0.279. The third-order valence-corrected chi connectivity index (χ3v) is 6.25. The summed E-state index contributed by atoms with van der Waals surface area (Å²) in [6.45, 7) is 0. The minimum absolute atomic E-state index is 0.168. The van der Waals surface area contributed by atoms with E-state index in [9.17, 15) is 4.39 Å². The number of rotatable bonds is 5. The average molecular weight is 458 g/mol. The van der Waals surface area contributed by atoms with Crippen molar-refractivity contribution in [3.63, 3.8) is 0 Å². The van der Waals surface area contributed by atoms with E-state index in [1.807, 2.05) is 43.3 Å². The zero-order valence-corrected chi connectivity index (χ0v) is 19.2. The Hall–Kier alpha value is -3.71. The molecule has 1 saturated heterocycles. The third kappa shape index (κ3) is 3.96. The molecule has 1 N–H and O–H groups in total. The minimum Gasteiger partial charge on any atom is -0.378 e. The van der Waals surface area contributed by atoms with Crippen molar-refractivity contribution in [2.24, 2.45) is 0 Å². The monoisotopic (exact) mass is 457 g/mol. The Kier molecular flexibility index (Phi) is 5.56. The van der Waals surface area contributed by atoms with Gasteiger partial charge in [-0.05, 0) is 85.0 Å². The van der Waals surface area contributed by atoms with Gasteiger partial charge in [-0.2, -0.15) is 0 Å². The third-order valence-electron chi connectivity index (χ3n) is 5.93. The smallest absolute Gasteiger partial charge is 0.174 e. The van der Waals surface area contributed by atoms with Crippen molar-refractivity contribution in [2.45, 2.75) is 12.1 Å².